The van der Waals surface area contributed by atoms with Crippen LogP contribution in [0.3, 0.4) is 0 Å². The third kappa shape index (κ3) is 4.59. The van der Waals surface area contributed by atoms with E-state index in [4.69, 9.17) is 4.84 Å². The highest BCUT2D eigenvalue weighted by molar-refractivity contribution is 5.89. The van der Waals surface area contributed by atoms with Gasteiger partial charge in [0.05, 0.1) is 11.8 Å². The number of carbonyl (C=O) groups excluding carboxylic acids is 1. The molecule has 0 saturated carbocycles. The molecule has 0 aliphatic carbocycles. The van der Waals surface area contributed by atoms with Gasteiger partial charge in [-0.25, -0.2) is 4.79 Å². The van der Waals surface area contributed by atoms with E-state index in [1.54, 1.807) is 30.3 Å². The van der Waals surface area contributed by atoms with Gasteiger partial charge in [-0.3, -0.25) is 0 Å². The second kappa shape index (κ2) is 7.78. The van der Waals surface area contributed by atoms with E-state index in [0.717, 1.165) is 11.3 Å². The van der Waals surface area contributed by atoms with Crippen LogP contribution >= 0.6 is 0 Å². The topological polar surface area (TPSA) is 41.9 Å². The highest BCUT2D eigenvalue weighted by Crippen LogP contribution is 2.12. The summed E-state index contributed by atoms with van der Waals surface area (Å²) in [6.07, 6.45) is 5.06. The van der Waals surface area contributed by atoms with E-state index in [9.17, 15) is 4.79 Å². The molecule has 0 saturated heterocycles. The minimum Gasteiger partial charge on any atom is -0.378 e. The average Bonchev–Trinajstić information content (AvgIpc) is 2.55. The van der Waals surface area contributed by atoms with Crippen LogP contribution in [-0.2, 0) is 4.84 Å². The normalized spacial score (nSPS) is 11.0. The van der Waals surface area contributed by atoms with Crippen molar-refractivity contribution in [1.29, 1.82) is 0 Å². The van der Waals surface area contributed by atoms with Crippen LogP contribution < -0.4 is 4.90 Å². The van der Waals surface area contributed by atoms with E-state index in [0.29, 0.717) is 5.56 Å². The summed E-state index contributed by atoms with van der Waals surface area (Å²) in [6.45, 7) is 0. The smallest absolute Gasteiger partial charge is 0.365 e. The zero-order valence-electron chi connectivity index (χ0n) is 12.6. The summed E-state index contributed by atoms with van der Waals surface area (Å²) in [4.78, 5) is 18.4. The maximum Gasteiger partial charge on any atom is 0.365 e. The molecule has 2 aromatic rings. The third-order valence-electron chi connectivity index (χ3n) is 2.99. The lowest BCUT2D eigenvalue weighted by Gasteiger charge is -2.11. The summed E-state index contributed by atoms with van der Waals surface area (Å²) in [5, 5.41) is 3.64. The Hall–Kier alpha value is -2.88. The molecule has 0 spiro atoms. The van der Waals surface area contributed by atoms with Crippen LogP contribution in [0.25, 0.3) is 6.08 Å². The van der Waals surface area contributed by atoms with E-state index in [2.05, 4.69) is 5.16 Å². The minimum atomic E-state index is -0.472. The molecule has 0 N–H and O–H groups in total. The molecular weight excluding hydrogens is 276 g/mol. The van der Waals surface area contributed by atoms with Crippen molar-refractivity contribution in [3.8, 4) is 0 Å². The van der Waals surface area contributed by atoms with Gasteiger partial charge in [-0.1, -0.05) is 41.6 Å². The van der Waals surface area contributed by atoms with E-state index in [1.165, 1.54) is 6.21 Å². The molecule has 0 unspecified atom stereocenters. The van der Waals surface area contributed by atoms with Crippen LogP contribution in [-0.4, -0.2) is 26.3 Å². The summed E-state index contributed by atoms with van der Waals surface area (Å²) < 4.78 is 0. The van der Waals surface area contributed by atoms with Crippen molar-refractivity contribution in [2.24, 2.45) is 5.16 Å². The number of hydrogen-bond donors (Lipinski definition) is 0. The second-order valence-corrected chi connectivity index (χ2v) is 4.84. The van der Waals surface area contributed by atoms with Crippen LogP contribution in [0, 0.1) is 0 Å². The quantitative estimate of drug-likeness (QED) is 0.480. The fraction of sp³-hybridized carbons (Fsp3) is 0.111. The van der Waals surface area contributed by atoms with Gasteiger partial charge in [0.1, 0.15) is 0 Å². The lowest BCUT2D eigenvalue weighted by atomic mass is 10.2. The number of anilines is 1. The summed E-state index contributed by atoms with van der Waals surface area (Å²) in [5.74, 6) is -0.472. The molecule has 4 nitrogen and oxygen atoms in total. The molecule has 0 atom stereocenters. The molecule has 22 heavy (non-hydrogen) atoms. The van der Waals surface area contributed by atoms with Gasteiger partial charge in [-0.2, -0.15) is 0 Å². The minimum absolute atomic E-state index is 0.472. The maximum absolute atomic E-state index is 11.6. The number of benzene rings is 2. The van der Waals surface area contributed by atoms with Gasteiger partial charge in [0, 0.05) is 19.8 Å². The van der Waals surface area contributed by atoms with Gasteiger partial charge in [0.2, 0.25) is 0 Å². The summed E-state index contributed by atoms with van der Waals surface area (Å²) in [7, 11) is 4.00. The SMILES string of the molecule is CN(C)c1ccc(C=CC=NOC(=O)c2ccccc2)cc1. The standard InChI is InChI=1S/C18H18N2O2/c1-20(2)17-12-10-15(11-13-17)7-6-14-19-22-18(21)16-8-4-3-5-9-16/h3-14H,1-2H3. The number of oxime groups is 1. The first-order valence-corrected chi connectivity index (χ1v) is 6.90. The first-order valence-electron chi connectivity index (χ1n) is 6.90. The van der Waals surface area contributed by atoms with Gasteiger partial charge < -0.3 is 9.74 Å². The van der Waals surface area contributed by atoms with Crippen molar-refractivity contribution in [2.45, 2.75) is 0 Å². The Kier molecular flexibility index (Phi) is 5.49. The van der Waals surface area contributed by atoms with Gasteiger partial charge in [-0.15, -0.1) is 0 Å². The molecule has 4 heteroatoms. The predicted octanol–water partition coefficient (Wildman–Crippen LogP) is 3.61. The molecule has 0 bridgehead atoms. The van der Waals surface area contributed by atoms with Crippen molar-refractivity contribution >= 4 is 23.9 Å². The molecule has 0 radical (unpaired) electrons. The van der Waals surface area contributed by atoms with Crippen LogP contribution in [0.4, 0.5) is 5.69 Å². The Morgan fingerprint density at radius 3 is 2.36 bits per heavy atom. The molecule has 0 aromatic heterocycles. The number of hydrogen-bond acceptors (Lipinski definition) is 4. The van der Waals surface area contributed by atoms with Crippen LogP contribution in [0.1, 0.15) is 15.9 Å². The lowest BCUT2D eigenvalue weighted by Crippen LogP contribution is -2.07. The fourth-order valence-corrected chi connectivity index (χ4v) is 1.78. The molecule has 0 fully saturated rings. The Morgan fingerprint density at radius 1 is 1.05 bits per heavy atom. The largest absolute Gasteiger partial charge is 0.378 e. The first kappa shape index (κ1) is 15.5. The van der Waals surface area contributed by atoms with Crippen molar-refractivity contribution in [3.63, 3.8) is 0 Å². The first-order chi connectivity index (χ1) is 10.7. The van der Waals surface area contributed by atoms with E-state index >= 15 is 0 Å². The summed E-state index contributed by atoms with van der Waals surface area (Å²) in [5.41, 5.74) is 2.66. The predicted molar refractivity (Wildman–Crippen MR) is 90.2 cm³/mol. The van der Waals surface area contributed by atoms with Crippen LogP contribution in [0.2, 0.25) is 0 Å². The average molecular weight is 294 g/mol. The Labute approximate surface area is 130 Å². The Morgan fingerprint density at radius 2 is 1.73 bits per heavy atom. The highest BCUT2D eigenvalue weighted by Gasteiger charge is 2.03. The van der Waals surface area contributed by atoms with Crippen LogP contribution in [0.15, 0.2) is 65.8 Å². The second-order valence-electron chi connectivity index (χ2n) is 4.84. The Bertz CT molecular complexity index is 659. The van der Waals surface area contributed by atoms with Crippen molar-refractivity contribution in [3.05, 3.63) is 71.8 Å². The molecular formula is C18H18N2O2. The van der Waals surface area contributed by atoms with E-state index in [1.807, 2.05) is 55.4 Å². The van der Waals surface area contributed by atoms with Crippen molar-refractivity contribution < 1.29 is 9.63 Å². The fourth-order valence-electron chi connectivity index (χ4n) is 1.78. The number of allylic oxidation sites excluding steroid dienone is 1. The summed E-state index contributed by atoms with van der Waals surface area (Å²) in [6, 6.07) is 16.8. The van der Waals surface area contributed by atoms with Gasteiger partial charge >= 0.3 is 5.97 Å². The highest BCUT2D eigenvalue weighted by atomic mass is 16.7. The van der Waals surface area contributed by atoms with E-state index in [-0.39, 0.29) is 0 Å². The van der Waals surface area contributed by atoms with Gasteiger partial charge in [-0.05, 0) is 35.9 Å². The zero-order chi connectivity index (χ0) is 15.8. The molecule has 0 aliphatic heterocycles. The number of carbonyl (C=O) groups is 1. The Balaban J connectivity index is 1.85. The van der Waals surface area contributed by atoms with E-state index < -0.39 is 5.97 Å². The molecule has 112 valence electrons. The molecule has 0 heterocycles. The number of rotatable bonds is 5. The van der Waals surface area contributed by atoms with Gasteiger partial charge in [0.15, 0.2) is 0 Å². The van der Waals surface area contributed by atoms with Crippen LogP contribution in [0.5, 0.6) is 0 Å². The summed E-state index contributed by atoms with van der Waals surface area (Å²) >= 11 is 0. The number of nitrogens with zero attached hydrogens (tertiary/aromatic N) is 2. The molecule has 2 rings (SSSR count). The van der Waals surface area contributed by atoms with Crippen molar-refractivity contribution in [1.82, 2.24) is 0 Å². The molecule has 0 aliphatic rings. The lowest BCUT2D eigenvalue weighted by molar-refractivity contribution is 0.0519. The zero-order valence-corrected chi connectivity index (χ0v) is 12.6. The molecule has 2 aromatic carbocycles. The molecule has 0 amide bonds. The van der Waals surface area contributed by atoms with Gasteiger partial charge in [0.25, 0.3) is 0 Å². The van der Waals surface area contributed by atoms with Crippen molar-refractivity contribution in [2.75, 3.05) is 19.0 Å². The third-order valence-corrected chi connectivity index (χ3v) is 2.99. The maximum atomic E-state index is 11.6. The monoisotopic (exact) mass is 294 g/mol.